The number of ether oxygens (including phenoxy) is 1. The molecule has 2 aromatic heterocycles. The summed E-state index contributed by atoms with van der Waals surface area (Å²) in [6, 6.07) is 3.47. The predicted molar refractivity (Wildman–Crippen MR) is 97.4 cm³/mol. The van der Waals surface area contributed by atoms with Crippen LogP contribution in [0.15, 0.2) is 36.7 Å². The summed E-state index contributed by atoms with van der Waals surface area (Å²) in [4.78, 5) is 16.5. The van der Waals surface area contributed by atoms with Crippen molar-refractivity contribution in [1.82, 2.24) is 14.8 Å². The van der Waals surface area contributed by atoms with Crippen LogP contribution in [0.5, 0.6) is 5.88 Å². The van der Waals surface area contributed by atoms with Crippen molar-refractivity contribution in [2.24, 2.45) is 7.05 Å². The fourth-order valence-electron chi connectivity index (χ4n) is 2.65. The van der Waals surface area contributed by atoms with E-state index in [4.69, 9.17) is 16.3 Å². The molecule has 0 saturated heterocycles. The zero-order valence-corrected chi connectivity index (χ0v) is 15.8. The summed E-state index contributed by atoms with van der Waals surface area (Å²) in [5.74, 6) is -2.13. The van der Waals surface area contributed by atoms with E-state index in [9.17, 15) is 22.4 Å². The van der Waals surface area contributed by atoms with E-state index in [-0.39, 0.29) is 17.1 Å². The lowest BCUT2D eigenvalue weighted by atomic mass is 10.1. The average molecular weight is 429 g/mol. The van der Waals surface area contributed by atoms with Crippen molar-refractivity contribution in [3.8, 4) is 17.1 Å². The van der Waals surface area contributed by atoms with Crippen molar-refractivity contribution >= 4 is 23.2 Å². The van der Waals surface area contributed by atoms with Crippen LogP contribution in [0, 0.1) is 5.82 Å². The zero-order valence-electron chi connectivity index (χ0n) is 15.0. The van der Waals surface area contributed by atoms with E-state index in [1.165, 1.54) is 30.3 Å². The third-order valence-electron chi connectivity index (χ3n) is 3.99. The fourth-order valence-corrected chi connectivity index (χ4v) is 2.92. The van der Waals surface area contributed by atoms with E-state index in [2.05, 4.69) is 15.4 Å². The van der Waals surface area contributed by atoms with Crippen molar-refractivity contribution in [2.75, 3.05) is 12.4 Å². The van der Waals surface area contributed by atoms with Crippen LogP contribution >= 0.6 is 11.6 Å². The number of pyridine rings is 1. The van der Waals surface area contributed by atoms with E-state index in [0.717, 1.165) is 6.07 Å². The lowest BCUT2D eigenvalue weighted by Crippen LogP contribution is -2.15. The summed E-state index contributed by atoms with van der Waals surface area (Å²) in [6.07, 6.45) is -2.25. The zero-order chi connectivity index (χ0) is 21.3. The monoisotopic (exact) mass is 428 g/mol. The molecule has 0 fully saturated rings. The number of methoxy groups -OCH3 is 1. The van der Waals surface area contributed by atoms with Gasteiger partial charge < -0.3 is 10.1 Å². The van der Waals surface area contributed by atoms with Gasteiger partial charge >= 0.3 is 6.18 Å². The van der Waals surface area contributed by atoms with Gasteiger partial charge in [0.05, 0.1) is 47.0 Å². The Morgan fingerprint density at radius 1 is 1.24 bits per heavy atom. The Morgan fingerprint density at radius 3 is 2.55 bits per heavy atom. The molecular weight excluding hydrogens is 416 g/mol. The molecular formula is C18H13ClF4N4O2. The maximum absolute atomic E-state index is 13.4. The summed E-state index contributed by atoms with van der Waals surface area (Å²) in [6.45, 7) is 0. The Balaban J connectivity index is 1.95. The van der Waals surface area contributed by atoms with E-state index in [1.54, 1.807) is 7.05 Å². The molecule has 3 rings (SSSR count). The Kier molecular flexibility index (Phi) is 5.47. The molecule has 0 atom stereocenters. The van der Waals surface area contributed by atoms with Gasteiger partial charge in [0.1, 0.15) is 5.82 Å². The average Bonchev–Trinajstić information content (AvgIpc) is 2.99. The number of hydrogen-bond acceptors (Lipinski definition) is 4. The van der Waals surface area contributed by atoms with Gasteiger partial charge in [-0.05, 0) is 24.3 Å². The van der Waals surface area contributed by atoms with Crippen molar-refractivity contribution in [1.29, 1.82) is 0 Å². The molecule has 11 heteroatoms. The van der Waals surface area contributed by atoms with Crippen LogP contribution in [0.4, 0.5) is 23.2 Å². The lowest BCUT2D eigenvalue weighted by Gasteiger charge is -2.13. The fraction of sp³-hybridized carbons (Fsp3) is 0.167. The van der Waals surface area contributed by atoms with Crippen LogP contribution in [-0.4, -0.2) is 27.8 Å². The van der Waals surface area contributed by atoms with Crippen LogP contribution in [0.2, 0.25) is 5.02 Å². The van der Waals surface area contributed by atoms with Gasteiger partial charge in [0.25, 0.3) is 5.91 Å². The molecule has 1 N–H and O–H groups in total. The second kappa shape index (κ2) is 7.70. The van der Waals surface area contributed by atoms with Gasteiger partial charge in [-0.25, -0.2) is 9.37 Å². The number of anilines is 1. The number of aryl methyl sites for hydroxylation is 1. The number of nitrogens with one attached hydrogen (secondary N) is 1. The van der Waals surface area contributed by atoms with Crippen LogP contribution in [0.1, 0.15) is 15.9 Å². The maximum atomic E-state index is 13.4. The normalized spacial score (nSPS) is 11.4. The quantitative estimate of drug-likeness (QED) is 0.619. The molecule has 152 valence electrons. The molecule has 0 saturated carbocycles. The summed E-state index contributed by atoms with van der Waals surface area (Å²) < 4.78 is 58.7. The Labute approximate surface area is 167 Å². The van der Waals surface area contributed by atoms with Crippen LogP contribution in [0.25, 0.3) is 11.3 Å². The van der Waals surface area contributed by atoms with E-state index < -0.39 is 23.5 Å². The van der Waals surface area contributed by atoms with Crippen molar-refractivity contribution in [2.45, 2.75) is 6.18 Å². The number of halogens is 5. The minimum absolute atomic E-state index is 0.168. The highest BCUT2D eigenvalue weighted by Gasteiger charge is 2.34. The topological polar surface area (TPSA) is 69.0 Å². The number of nitrogens with zero attached hydrogens (tertiary/aromatic N) is 3. The molecule has 0 aliphatic rings. The number of hydrogen-bond donors (Lipinski definition) is 1. The van der Waals surface area contributed by atoms with Gasteiger partial charge in [-0.1, -0.05) is 11.6 Å². The highest BCUT2D eigenvalue weighted by atomic mass is 35.5. The van der Waals surface area contributed by atoms with Gasteiger partial charge in [-0.2, -0.15) is 18.3 Å². The van der Waals surface area contributed by atoms with E-state index >= 15 is 0 Å². The van der Waals surface area contributed by atoms with Gasteiger partial charge in [0, 0.05) is 12.6 Å². The summed E-state index contributed by atoms with van der Waals surface area (Å²) >= 11 is 6.14. The predicted octanol–water partition coefficient (Wildman–Crippen LogP) is 4.55. The molecule has 0 bridgehead atoms. The van der Waals surface area contributed by atoms with Crippen LogP contribution in [-0.2, 0) is 13.2 Å². The molecule has 1 amide bonds. The first kappa shape index (κ1) is 20.6. The number of carbonyl (C=O) groups is 1. The number of amides is 1. The van der Waals surface area contributed by atoms with E-state index in [0.29, 0.717) is 28.4 Å². The molecule has 6 nitrogen and oxygen atoms in total. The summed E-state index contributed by atoms with van der Waals surface area (Å²) in [7, 11) is 3.04. The number of aromatic nitrogens is 3. The molecule has 0 radical (unpaired) electrons. The van der Waals surface area contributed by atoms with Crippen LogP contribution < -0.4 is 10.1 Å². The molecule has 0 aliphatic heterocycles. The second-order valence-electron chi connectivity index (χ2n) is 5.89. The largest absolute Gasteiger partial charge is 0.481 e. The third kappa shape index (κ3) is 4.16. The molecule has 0 aliphatic carbocycles. The number of carbonyl (C=O) groups excluding carboxylic acids is 1. The molecule has 0 spiro atoms. The summed E-state index contributed by atoms with van der Waals surface area (Å²) in [5, 5.41) is 6.76. The first-order valence-electron chi connectivity index (χ1n) is 8.01. The Hall–Kier alpha value is -3.14. The van der Waals surface area contributed by atoms with Gasteiger partial charge in [-0.3, -0.25) is 9.48 Å². The van der Waals surface area contributed by atoms with Gasteiger partial charge in [0.2, 0.25) is 5.88 Å². The first-order chi connectivity index (χ1) is 13.6. The molecule has 2 heterocycles. The molecule has 1 aromatic carbocycles. The molecule has 3 aromatic rings. The van der Waals surface area contributed by atoms with Crippen molar-refractivity contribution in [3.05, 3.63) is 58.6 Å². The smallest absolute Gasteiger partial charge is 0.419 e. The minimum atomic E-state index is -4.93. The summed E-state index contributed by atoms with van der Waals surface area (Å²) in [5.41, 5.74) is -0.852. The number of benzene rings is 1. The highest BCUT2D eigenvalue weighted by molar-refractivity contribution is 6.33. The lowest BCUT2D eigenvalue weighted by molar-refractivity contribution is -0.140. The Morgan fingerprint density at radius 2 is 1.97 bits per heavy atom. The highest BCUT2D eigenvalue weighted by Crippen LogP contribution is 2.35. The Bertz CT molecular complexity index is 1060. The third-order valence-corrected chi connectivity index (χ3v) is 4.26. The second-order valence-corrected chi connectivity index (χ2v) is 6.30. The standard InChI is InChI=1S/C18H13ClF4N4O2/c1-27-15(13(19)8-25-27)11-6-10(7-24-17(11)29-2)26-16(28)9-3-4-14(20)12(5-9)18(21,22)23/h3-8H,1-2H3,(H,26,28). The maximum Gasteiger partial charge on any atom is 0.419 e. The minimum Gasteiger partial charge on any atom is -0.481 e. The van der Waals surface area contributed by atoms with Crippen molar-refractivity contribution in [3.63, 3.8) is 0 Å². The van der Waals surface area contributed by atoms with Crippen molar-refractivity contribution < 1.29 is 27.1 Å². The van der Waals surface area contributed by atoms with E-state index in [1.807, 2.05) is 0 Å². The SMILES string of the molecule is COc1ncc(NC(=O)c2ccc(F)c(C(F)(F)F)c2)cc1-c1c(Cl)cnn1C. The van der Waals surface area contributed by atoms with Crippen LogP contribution in [0.3, 0.4) is 0 Å². The van der Waals surface area contributed by atoms with Gasteiger partial charge in [-0.15, -0.1) is 0 Å². The first-order valence-corrected chi connectivity index (χ1v) is 8.39. The number of alkyl halides is 3. The molecule has 29 heavy (non-hydrogen) atoms. The van der Waals surface area contributed by atoms with Gasteiger partial charge in [0.15, 0.2) is 0 Å². The molecule has 0 unspecified atom stereocenters. The number of rotatable bonds is 4.